The summed E-state index contributed by atoms with van der Waals surface area (Å²) in [4.78, 5) is 111. The van der Waals surface area contributed by atoms with E-state index in [1.165, 1.54) is 4.90 Å². The maximum atomic E-state index is 14.5. The van der Waals surface area contributed by atoms with Crippen LogP contribution in [-0.4, -0.2) is 132 Å². The van der Waals surface area contributed by atoms with Crippen LogP contribution in [0.4, 0.5) is 27.6 Å². The van der Waals surface area contributed by atoms with E-state index in [4.69, 9.17) is 18.9 Å². The van der Waals surface area contributed by atoms with Gasteiger partial charge in [0.2, 0.25) is 23.6 Å². The lowest BCUT2D eigenvalue weighted by Crippen LogP contribution is -2.63. The molecule has 22 heteroatoms. The van der Waals surface area contributed by atoms with Gasteiger partial charge in [0.25, 0.3) is 0 Å². The number of hydrogen-bond acceptors (Lipinski definition) is 12. The number of carbonyl (C=O) groups is 8. The summed E-state index contributed by atoms with van der Waals surface area (Å²) in [6, 6.07) is 11.9. The van der Waals surface area contributed by atoms with Gasteiger partial charge in [0.05, 0.1) is 7.11 Å². The first-order chi connectivity index (χ1) is 34.9. The summed E-state index contributed by atoms with van der Waals surface area (Å²) < 4.78 is 61.3. The van der Waals surface area contributed by atoms with Crippen LogP contribution in [0.5, 0.6) is 0 Å². The minimum atomic E-state index is -4.51. The zero-order valence-electron chi connectivity index (χ0n) is 45.0. The number of carbonyl (C=O) groups excluding carboxylic acids is 8. The van der Waals surface area contributed by atoms with Gasteiger partial charge in [0.15, 0.2) is 0 Å². The molecule has 0 saturated carbocycles. The van der Waals surface area contributed by atoms with Gasteiger partial charge in [0.1, 0.15) is 46.5 Å². The van der Waals surface area contributed by atoms with Crippen molar-refractivity contribution in [1.29, 1.82) is 0 Å². The van der Waals surface area contributed by atoms with Gasteiger partial charge in [-0.2, -0.15) is 13.2 Å². The number of hydrogen-bond donors (Lipinski definition) is 6. The SMILES string of the molecule is COC(=O)C1(NC(=O)OC(C)(C)C)CCN(C(=O)[C@@H](CCCCNC(=O)OC(C)(C)C)NC(=O)C(CCCCC(F)(F)F)NC(=O)[C@@H](Cc2ccccc2)NC(=O)[C@@H](Cc2ccccc2)NC(=O)OC(C)(C)C)CC1. The number of methoxy groups -OCH3 is 1. The maximum Gasteiger partial charge on any atom is 0.408 e. The summed E-state index contributed by atoms with van der Waals surface area (Å²) in [6.45, 7) is 15.0. The number of likely N-dealkylation sites (tertiary alicyclic amines) is 1. The lowest BCUT2D eigenvalue weighted by molar-refractivity contribution is -0.153. The van der Waals surface area contributed by atoms with Gasteiger partial charge in [-0.1, -0.05) is 67.1 Å². The van der Waals surface area contributed by atoms with E-state index in [0.29, 0.717) is 17.5 Å². The zero-order valence-corrected chi connectivity index (χ0v) is 45.0. The van der Waals surface area contributed by atoms with E-state index in [0.717, 1.165) is 7.11 Å². The second-order valence-corrected chi connectivity index (χ2v) is 21.6. The molecule has 418 valence electrons. The third-order valence-electron chi connectivity index (χ3n) is 11.5. The second-order valence-electron chi connectivity index (χ2n) is 21.6. The Bertz CT molecular complexity index is 2210. The van der Waals surface area contributed by atoms with E-state index >= 15 is 0 Å². The van der Waals surface area contributed by atoms with Crippen LogP contribution in [0.1, 0.15) is 131 Å². The number of benzene rings is 2. The normalized spacial score (nSPS) is 15.3. The van der Waals surface area contributed by atoms with Crippen LogP contribution in [0.25, 0.3) is 0 Å². The Balaban J connectivity index is 1.98. The first-order valence-electron chi connectivity index (χ1n) is 25.3. The van der Waals surface area contributed by atoms with Crippen LogP contribution >= 0.6 is 0 Å². The molecule has 3 rings (SSSR count). The first kappa shape index (κ1) is 62.7. The molecular formula is C53H78F3N7O12. The van der Waals surface area contributed by atoms with E-state index in [9.17, 15) is 51.5 Å². The van der Waals surface area contributed by atoms with E-state index in [-0.39, 0.29) is 71.0 Å². The average Bonchev–Trinajstić information content (AvgIpc) is 3.29. The quantitative estimate of drug-likeness (QED) is 0.0387. The molecule has 7 amide bonds. The molecule has 0 aromatic heterocycles. The fourth-order valence-electron chi connectivity index (χ4n) is 7.97. The summed E-state index contributed by atoms with van der Waals surface area (Å²) in [5, 5.41) is 15.9. The number of esters is 1. The number of nitrogens with one attached hydrogen (secondary N) is 6. The lowest BCUT2D eigenvalue weighted by Gasteiger charge is -2.41. The topological polar surface area (TPSA) is 249 Å². The second kappa shape index (κ2) is 28.3. The van der Waals surface area contributed by atoms with Crippen molar-refractivity contribution < 1.29 is 70.5 Å². The number of alkyl carbamates (subject to hydrolysis) is 3. The van der Waals surface area contributed by atoms with Gasteiger partial charge in [-0.25, -0.2) is 19.2 Å². The Morgan fingerprint density at radius 1 is 0.560 bits per heavy atom. The van der Waals surface area contributed by atoms with Crippen molar-refractivity contribution in [3.05, 3.63) is 71.8 Å². The highest BCUT2D eigenvalue weighted by atomic mass is 19.4. The van der Waals surface area contributed by atoms with Crippen LogP contribution in [0.2, 0.25) is 0 Å². The van der Waals surface area contributed by atoms with Crippen molar-refractivity contribution >= 4 is 47.9 Å². The molecule has 1 saturated heterocycles. The molecule has 75 heavy (non-hydrogen) atoms. The minimum absolute atomic E-state index is 0.00967. The van der Waals surface area contributed by atoms with Crippen LogP contribution < -0.4 is 31.9 Å². The maximum absolute atomic E-state index is 14.5. The van der Waals surface area contributed by atoms with Crippen LogP contribution in [0.15, 0.2) is 60.7 Å². The Morgan fingerprint density at radius 2 is 0.987 bits per heavy atom. The van der Waals surface area contributed by atoms with E-state index in [2.05, 4.69) is 31.9 Å². The third kappa shape index (κ3) is 24.1. The minimum Gasteiger partial charge on any atom is -0.467 e. The summed E-state index contributed by atoms with van der Waals surface area (Å²) in [6.07, 6.45) is -8.77. The molecule has 0 radical (unpaired) electrons. The molecule has 2 aromatic carbocycles. The van der Waals surface area contributed by atoms with Gasteiger partial charge in [-0.15, -0.1) is 0 Å². The standard InChI is InChI=1S/C53H78F3N7O12/c1-49(2,3)73-46(69)57-30-20-18-26-38(44(67)63-31-28-52(29-32-63,45(68)72-10)62-48(71)75-51(7,8)9)59-41(64)37(25-17-19-27-53(54,55)56)58-42(65)39(33-35-21-13-11-14-22-35)60-43(66)40(34-36-23-15-12-16-24-36)61-47(70)74-50(4,5)6/h11-16,21-24,37-40H,17-20,25-34H2,1-10H3,(H,57,69)(H,58,65)(H,59,64)(H,60,66)(H,61,70)(H,62,71)/t37?,38-,39-,40-/m1/s1. The average molecular weight is 1060 g/mol. The Kier molecular flexibility index (Phi) is 23.7. The number of rotatable bonds is 23. The molecule has 2 aromatic rings. The van der Waals surface area contributed by atoms with Crippen molar-refractivity contribution in [1.82, 2.24) is 36.8 Å². The smallest absolute Gasteiger partial charge is 0.408 e. The van der Waals surface area contributed by atoms with Gasteiger partial charge >= 0.3 is 30.4 Å². The number of ether oxygens (including phenoxy) is 4. The van der Waals surface area contributed by atoms with Crippen molar-refractivity contribution in [2.24, 2.45) is 0 Å². The zero-order chi connectivity index (χ0) is 56.2. The molecule has 1 aliphatic heterocycles. The molecule has 6 N–H and O–H groups in total. The van der Waals surface area contributed by atoms with Crippen LogP contribution in [-0.2, 0) is 55.8 Å². The van der Waals surface area contributed by atoms with Gasteiger partial charge < -0.3 is 55.7 Å². The highest BCUT2D eigenvalue weighted by Crippen LogP contribution is 2.27. The number of nitrogens with zero attached hydrogens (tertiary/aromatic N) is 1. The van der Waals surface area contributed by atoms with Gasteiger partial charge in [-0.3, -0.25) is 19.2 Å². The molecule has 1 fully saturated rings. The van der Waals surface area contributed by atoms with Gasteiger partial charge in [0, 0.05) is 38.9 Å². The fourth-order valence-corrected chi connectivity index (χ4v) is 7.97. The molecule has 19 nitrogen and oxygen atoms in total. The molecule has 0 aliphatic carbocycles. The fraction of sp³-hybridized carbons (Fsp3) is 0.623. The van der Waals surface area contributed by atoms with Crippen molar-refractivity contribution in [3.63, 3.8) is 0 Å². The number of amides is 7. The molecule has 1 heterocycles. The molecule has 1 aliphatic rings. The summed E-state index contributed by atoms with van der Waals surface area (Å²) in [5.74, 6) is -3.94. The number of alkyl halides is 3. The van der Waals surface area contributed by atoms with E-state index in [1.807, 2.05) is 0 Å². The molecule has 0 bridgehead atoms. The number of unbranched alkanes of at least 4 members (excludes halogenated alkanes) is 2. The molecule has 1 unspecified atom stereocenters. The van der Waals surface area contributed by atoms with Crippen molar-refractivity contribution in [2.45, 2.75) is 186 Å². The number of halogens is 3. The van der Waals surface area contributed by atoms with Crippen LogP contribution in [0.3, 0.4) is 0 Å². The molecule has 0 spiro atoms. The predicted octanol–water partition coefficient (Wildman–Crippen LogP) is 6.70. The monoisotopic (exact) mass is 1060 g/mol. The van der Waals surface area contributed by atoms with E-state index in [1.54, 1.807) is 123 Å². The Morgan fingerprint density at radius 3 is 1.48 bits per heavy atom. The summed E-state index contributed by atoms with van der Waals surface area (Å²) in [7, 11) is 1.16. The molecule has 4 atom stereocenters. The Labute approximate surface area is 438 Å². The highest BCUT2D eigenvalue weighted by Gasteiger charge is 2.46. The summed E-state index contributed by atoms with van der Waals surface area (Å²) >= 11 is 0. The van der Waals surface area contributed by atoms with Crippen molar-refractivity contribution in [2.75, 3.05) is 26.7 Å². The first-order valence-corrected chi connectivity index (χ1v) is 25.3. The lowest BCUT2D eigenvalue weighted by atomic mass is 9.87. The van der Waals surface area contributed by atoms with E-state index < -0.39 is 113 Å². The summed E-state index contributed by atoms with van der Waals surface area (Å²) in [5.41, 5.74) is -2.88. The van der Waals surface area contributed by atoms with Gasteiger partial charge in [-0.05, 0) is 118 Å². The third-order valence-corrected chi connectivity index (χ3v) is 11.5. The molecular weight excluding hydrogens is 984 g/mol. The van der Waals surface area contributed by atoms with Crippen molar-refractivity contribution in [3.8, 4) is 0 Å². The highest BCUT2D eigenvalue weighted by molar-refractivity contribution is 5.96. The van der Waals surface area contributed by atoms with Crippen LogP contribution in [0, 0.1) is 0 Å². The largest absolute Gasteiger partial charge is 0.467 e. The predicted molar refractivity (Wildman–Crippen MR) is 272 cm³/mol. The number of piperidine rings is 1. The Hall–Kier alpha value is -6.61.